The van der Waals surface area contributed by atoms with Gasteiger partial charge in [-0.1, -0.05) is 30.9 Å². The van der Waals surface area contributed by atoms with Crippen LogP contribution in [0.15, 0.2) is 17.7 Å². The Labute approximate surface area is 133 Å². The van der Waals surface area contributed by atoms with Crippen LogP contribution in [0.5, 0.6) is 0 Å². The molecule has 4 nitrogen and oxygen atoms in total. The van der Waals surface area contributed by atoms with E-state index in [0.29, 0.717) is 5.15 Å². The summed E-state index contributed by atoms with van der Waals surface area (Å²) in [6.07, 6.45) is 11.2. The monoisotopic (exact) mass is 323 g/mol. The maximum Gasteiger partial charge on any atom is 0.246 e. The minimum atomic E-state index is 0.0677. The molecule has 0 unspecified atom stereocenters. The summed E-state index contributed by atoms with van der Waals surface area (Å²) < 4.78 is 1.91. The van der Waals surface area contributed by atoms with Gasteiger partial charge in [0.15, 0.2) is 10.1 Å². The number of fused-ring (bicyclic) bond motifs is 1. The second-order valence-corrected chi connectivity index (χ2v) is 6.50. The van der Waals surface area contributed by atoms with Crippen LogP contribution in [0.2, 0.25) is 5.15 Å². The zero-order chi connectivity index (χ0) is 14.7. The van der Waals surface area contributed by atoms with Gasteiger partial charge < -0.3 is 4.90 Å². The van der Waals surface area contributed by atoms with Crippen LogP contribution in [0.4, 0.5) is 0 Å². The van der Waals surface area contributed by atoms with Crippen molar-refractivity contribution in [3.8, 4) is 0 Å². The molecule has 0 saturated carbocycles. The Morgan fingerprint density at radius 1 is 1.24 bits per heavy atom. The lowest BCUT2D eigenvalue weighted by Gasteiger charge is -2.23. The molecular weight excluding hydrogens is 306 g/mol. The number of hydrogen-bond acceptors (Lipinski definition) is 3. The highest BCUT2D eigenvalue weighted by Gasteiger charge is 2.13. The van der Waals surface area contributed by atoms with Crippen LogP contribution >= 0.6 is 22.9 Å². The first-order valence-electron chi connectivity index (χ1n) is 7.34. The van der Waals surface area contributed by atoms with E-state index in [2.05, 4.69) is 4.98 Å². The smallest absolute Gasteiger partial charge is 0.246 e. The van der Waals surface area contributed by atoms with Crippen LogP contribution < -0.4 is 0 Å². The number of likely N-dealkylation sites (tertiary alicyclic amines) is 1. The summed E-state index contributed by atoms with van der Waals surface area (Å²) >= 11 is 7.65. The summed E-state index contributed by atoms with van der Waals surface area (Å²) in [5, 5.41) is 2.40. The van der Waals surface area contributed by atoms with Crippen molar-refractivity contribution in [2.75, 3.05) is 13.1 Å². The lowest BCUT2D eigenvalue weighted by Crippen LogP contribution is -2.32. The summed E-state index contributed by atoms with van der Waals surface area (Å²) in [7, 11) is 0. The fourth-order valence-corrected chi connectivity index (χ4v) is 3.65. The van der Waals surface area contributed by atoms with Crippen LogP contribution in [-0.4, -0.2) is 33.3 Å². The van der Waals surface area contributed by atoms with Crippen LogP contribution in [0.25, 0.3) is 11.0 Å². The van der Waals surface area contributed by atoms with Crippen molar-refractivity contribution in [3.63, 3.8) is 0 Å². The molecule has 1 aliphatic heterocycles. The minimum Gasteiger partial charge on any atom is -0.339 e. The zero-order valence-corrected chi connectivity index (χ0v) is 13.4. The number of aromatic nitrogens is 2. The Bertz CT molecular complexity index is 653. The number of amides is 1. The molecule has 21 heavy (non-hydrogen) atoms. The van der Waals surface area contributed by atoms with E-state index >= 15 is 0 Å². The van der Waals surface area contributed by atoms with Gasteiger partial charge in [-0.05, 0) is 18.9 Å². The second kappa shape index (κ2) is 6.62. The first kappa shape index (κ1) is 14.6. The molecule has 1 fully saturated rings. The number of carbonyl (C=O) groups excluding carboxylic acids is 1. The van der Waals surface area contributed by atoms with Crippen molar-refractivity contribution in [1.29, 1.82) is 0 Å². The van der Waals surface area contributed by atoms with Gasteiger partial charge in [-0.3, -0.25) is 9.20 Å². The number of imidazole rings is 1. The first-order chi connectivity index (χ1) is 10.3. The molecule has 3 rings (SSSR count). The van der Waals surface area contributed by atoms with E-state index in [0.717, 1.165) is 36.6 Å². The molecule has 1 saturated heterocycles. The van der Waals surface area contributed by atoms with Gasteiger partial charge in [0.1, 0.15) is 0 Å². The van der Waals surface area contributed by atoms with Gasteiger partial charge in [-0.15, -0.1) is 11.3 Å². The Hall–Kier alpha value is -1.33. The number of halogens is 1. The zero-order valence-electron chi connectivity index (χ0n) is 11.8. The molecule has 1 aliphatic rings. The van der Waals surface area contributed by atoms with E-state index in [1.807, 2.05) is 20.9 Å². The van der Waals surface area contributed by atoms with Gasteiger partial charge >= 0.3 is 0 Å². The van der Waals surface area contributed by atoms with Gasteiger partial charge in [0.25, 0.3) is 0 Å². The van der Waals surface area contributed by atoms with Crippen molar-refractivity contribution in [1.82, 2.24) is 14.3 Å². The normalized spacial score (nSPS) is 17.3. The van der Waals surface area contributed by atoms with Crippen LogP contribution in [-0.2, 0) is 4.79 Å². The second-order valence-electron chi connectivity index (χ2n) is 5.27. The Balaban J connectivity index is 1.73. The number of rotatable bonds is 2. The van der Waals surface area contributed by atoms with E-state index < -0.39 is 0 Å². The third-order valence-electron chi connectivity index (χ3n) is 3.81. The molecular formula is C15H18ClN3OS. The van der Waals surface area contributed by atoms with Gasteiger partial charge in [0.05, 0.1) is 5.69 Å². The molecule has 0 aliphatic carbocycles. The fourth-order valence-electron chi connectivity index (χ4n) is 2.65. The van der Waals surface area contributed by atoms with E-state index in [4.69, 9.17) is 11.6 Å². The minimum absolute atomic E-state index is 0.0677. The first-order valence-corrected chi connectivity index (χ1v) is 8.59. The highest BCUT2D eigenvalue weighted by atomic mass is 35.5. The average molecular weight is 324 g/mol. The summed E-state index contributed by atoms with van der Waals surface area (Å²) in [6, 6.07) is 0. The van der Waals surface area contributed by atoms with E-state index in [1.165, 1.54) is 30.6 Å². The standard InChI is InChI=1S/C15H18ClN3OS/c16-14-12(19-10-11-21-15(19)17-14)6-7-13(20)18-8-4-2-1-3-5-9-18/h6-7,10-11H,1-5,8-9H2/b7-6+. The lowest BCUT2D eigenvalue weighted by molar-refractivity contribution is -0.126. The van der Waals surface area contributed by atoms with E-state index in [-0.39, 0.29) is 5.91 Å². The molecule has 0 radical (unpaired) electrons. The number of hydrogen-bond donors (Lipinski definition) is 0. The SMILES string of the molecule is O=C(/C=C/c1c(Cl)nc2sccn12)N1CCCCCCC1. The largest absolute Gasteiger partial charge is 0.339 e. The summed E-state index contributed by atoms with van der Waals surface area (Å²) in [5.41, 5.74) is 0.772. The van der Waals surface area contributed by atoms with Gasteiger partial charge in [0.2, 0.25) is 5.91 Å². The molecule has 0 spiro atoms. The average Bonchev–Trinajstić information content (AvgIpc) is 2.96. The van der Waals surface area contributed by atoms with Crippen molar-refractivity contribution < 1.29 is 4.79 Å². The van der Waals surface area contributed by atoms with E-state index in [1.54, 1.807) is 12.2 Å². The molecule has 0 aromatic carbocycles. The van der Waals surface area contributed by atoms with Gasteiger partial charge in [0, 0.05) is 30.7 Å². The van der Waals surface area contributed by atoms with Gasteiger partial charge in [-0.25, -0.2) is 4.98 Å². The van der Waals surface area contributed by atoms with Crippen molar-refractivity contribution >= 4 is 39.9 Å². The Morgan fingerprint density at radius 3 is 2.71 bits per heavy atom. The van der Waals surface area contributed by atoms with Crippen molar-refractivity contribution in [2.24, 2.45) is 0 Å². The topological polar surface area (TPSA) is 37.6 Å². The van der Waals surface area contributed by atoms with Crippen molar-refractivity contribution in [3.05, 3.63) is 28.5 Å². The third kappa shape index (κ3) is 3.30. The molecule has 2 aromatic heterocycles. The van der Waals surface area contributed by atoms with Crippen molar-refractivity contribution in [2.45, 2.75) is 32.1 Å². The third-order valence-corrected chi connectivity index (χ3v) is 4.84. The molecule has 3 heterocycles. The number of nitrogens with zero attached hydrogens (tertiary/aromatic N) is 3. The van der Waals surface area contributed by atoms with Gasteiger partial charge in [-0.2, -0.15) is 0 Å². The molecule has 0 bridgehead atoms. The number of thiazole rings is 1. The molecule has 0 N–H and O–H groups in total. The van der Waals surface area contributed by atoms with Crippen LogP contribution in [0.1, 0.15) is 37.8 Å². The highest BCUT2D eigenvalue weighted by Crippen LogP contribution is 2.22. The summed E-state index contributed by atoms with van der Waals surface area (Å²) in [6.45, 7) is 1.72. The molecule has 0 atom stereocenters. The lowest BCUT2D eigenvalue weighted by atomic mass is 10.1. The Kier molecular flexibility index (Phi) is 4.60. The summed E-state index contributed by atoms with van der Waals surface area (Å²) in [5.74, 6) is 0.0677. The van der Waals surface area contributed by atoms with Crippen LogP contribution in [0.3, 0.4) is 0 Å². The number of carbonyl (C=O) groups is 1. The predicted molar refractivity (Wildman–Crippen MR) is 86.8 cm³/mol. The maximum atomic E-state index is 12.3. The summed E-state index contributed by atoms with van der Waals surface area (Å²) in [4.78, 5) is 19.4. The molecule has 6 heteroatoms. The van der Waals surface area contributed by atoms with Crippen LogP contribution in [0, 0.1) is 0 Å². The van der Waals surface area contributed by atoms with E-state index in [9.17, 15) is 4.79 Å². The quantitative estimate of drug-likeness (QED) is 0.787. The molecule has 1 amide bonds. The highest BCUT2D eigenvalue weighted by molar-refractivity contribution is 7.15. The predicted octanol–water partition coefficient (Wildman–Crippen LogP) is 3.86. The maximum absolute atomic E-state index is 12.3. The fraction of sp³-hybridized carbons (Fsp3) is 0.467. The Morgan fingerprint density at radius 2 is 1.95 bits per heavy atom. The molecule has 2 aromatic rings. The molecule has 112 valence electrons.